The Balaban J connectivity index is 1.54. The zero-order valence-electron chi connectivity index (χ0n) is 14.2. The fourth-order valence-corrected chi connectivity index (χ4v) is 4.12. The van der Waals surface area contributed by atoms with Crippen LogP contribution in [0.1, 0.15) is 25.3 Å². The van der Waals surface area contributed by atoms with Crippen LogP contribution >= 0.6 is 34.7 Å². The zero-order chi connectivity index (χ0) is 18.7. The Kier molecular flexibility index (Phi) is 6.00. The van der Waals surface area contributed by atoms with Crippen LogP contribution in [0.5, 0.6) is 0 Å². The molecule has 1 atom stereocenters. The quantitative estimate of drug-likeness (QED) is 0.627. The SMILES string of the molecule is Cc1c(Cl)cccc1Nc1nnc(SC(C)C(=O)NC(=O)NC2CC2)s1. The molecule has 10 heteroatoms. The molecular formula is C16H18ClN5O2S2. The van der Waals surface area contributed by atoms with Gasteiger partial charge >= 0.3 is 6.03 Å². The molecule has 1 saturated carbocycles. The fraction of sp³-hybridized carbons (Fsp3) is 0.375. The van der Waals surface area contributed by atoms with Crippen LogP contribution in [0.15, 0.2) is 22.5 Å². The van der Waals surface area contributed by atoms with Crippen molar-refractivity contribution in [2.24, 2.45) is 0 Å². The number of aromatic nitrogens is 2. The van der Waals surface area contributed by atoms with E-state index in [0.717, 1.165) is 24.1 Å². The number of rotatable bonds is 6. The number of carbonyl (C=O) groups is 2. The van der Waals surface area contributed by atoms with Gasteiger partial charge in [0.2, 0.25) is 11.0 Å². The summed E-state index contributed by atoms with van der Waals surface area (Å²) in [6, 6.07) is 5.35. The smallest absolute Gasteiger partial charge is 0.321 e. The number of hydrogen-bond acceptors (Lipinski definition) is 7. The second-order valence-electron chi connectivity index (χ2n) is 5.91. The minimum Gasteiger partial charge on any atom is -0.335 e. The molecule has 0 aliphatic heterocycles. The number of nitrogens with zero attached hydrogens (tertiary/aromatic N) is 2. The van der Waals surface area contributed by atoms with E-state index in [2.05, 4.69) is 26.1 Å². The maximum atomic E-state index is 12.1. The summed E-state index contributed by atoms with van der Waals surface area (Å²) in [5.41, 5.74) is 1.78. The lowest BCUT2D eigenvalue weighted by Gasteiger charge is -2.09. The fourth-order valence-electron chi connectivity index (χ4n) is 2.03. The Morgan fingerprint density at radius 1 is 1.35 bits per heavy atom. The lowest BCUT2D eigenvalue weighted by molar-refractivity contribution is -0.119. The van der Waals surface area contributed by atoms with Crippen LogP contribution in [0, 0.1) is 6.92 Å². The minimum absolute atomic E-state index is 0.206. The molecule has 7 nitrogen and oxygen atoms in total. The number of thioether (sulfide) groups is 1. The summed E-state index contributed by atoms with van der Waals surface area (Å²) in [4.78, 5) is 23.7. The van der Waals surface area contributed by atoms with Gasteiger partial charge in [0.15, 0.2) is 4.34 Å². The second-order valence-corrected chi connectivity index (χ2v) is 8.88. The average molecular weight is 412 g/mol. The molecule has 3 N–H and O–H groups in total. The highest BCUT2D eigenvalue weighted by molar-refractivity contribution is 8.02. The van der Waals surface area contributed by atoms with Crippen LogP contribution < -0.4 is 16.0 Å². The monoisotopic (exact) mass is 411 g/mol. The van der Waals surface area contributed by atoms with Gasteiger partial charge in [-0.25, -0.2) is 4.79 Å². The van der Waals surface area contributed by atoms with Crippen LogP contribution in [-0.2, 0) is 4.79 Å². The summed E-state index contributed by atoms with van der Waals surface area (Å²) in [5.74, 6) is -0.358. The molecule has 1 fully saturated rings. The summed E-state index contributed by atoms with van der Waals surface area (Å²) >= 11 is 8.70. The van der Waals surface area contributed by atoms with E-state index in [4.69, 9.17) is 11.6 Å². The van der Waals surface area contributed by atoms with Gasteiger partial charge in [0, 0.05) is 16.8 Å². The molecule has 138 valence electrons. The van der Waals surface area contributed by atoms with Gasteiger partial charge in [0.05, 0.1) is 5.25 Å². The van der Waals surface area contributed by atoms with Gasteiger partial charge in [-0.15, -0.1) is 10.2 Å². The lowest BCUT2D eigenvalue weighted by atomic mass is 10.2. The summed E-state index contributed by atoms with van der Waals surface area (Å²) in [7, 11) is 0. The van der Waals surface area contributed by atoms with Gasteiger partial charge in [-0.3, -0.25) is 10.1 Å². The van der Waals surface area contributed by atoms with Gasteiger partial charge in [-0.1, -0.05) is 40.8 Å². The van der Waals surface area contributed by atoms with Gasteiger partial charge in [0.1, 0.15) is 0 Å². The first-order valence-corrected chi connectivity index (χ1v) is 10.1. The van der Waals surface area contributed by atoms with E-state index >= 15 is 0 Å². The number of hydrogen-bond donors (Lipinski definition) is 3. The van der Waals surface area contributed by atoms with Crippen molar-refractivity contribution in [3.05, 3.63) is 28.8 Å². The van der Waals surface area contributed by atoms with Crippen LogP contribution in [0.25, 0.3) is 0 Å². The first-order valence-electron chi connectivity index (χ1n) is 8.06. The van der Waals surface area contributed by atoms with E-state index in [-0.39, 0.29) is 11.9 Å². The highest BCUT2D eigenvalue weighted by Gasteiger charge is 2.25. The van der Waals surface area contributed by atoms with Gasteiger partial charge in [-0.2, -0.15) is 0 Å². The molecule has 0 radical (unpaired) electrons. The second kappa shape index (κ2) is 8.24. The van der Waals surface area contributed by atoms with Gasteiger partial charge < -0.3 is 10.6 Å². The number of anilines is 2. The lowest BCUT2D eigenvalue weighted by Crippen LogP contribution is -2.43. The molecule has 1 aromatic heterocycles. The third-order valence-corrected chi connectivity index (χ3v) is 6.14. The molecule has 2 aromatic rings. The molecule has 0 bridgehead atoms. The van der Waals surface area contributed by atoms with Crippen molar-refractivity contribution >= 4 is 57.5 Å². The normalized spacial score (nSPS) is 14.6. The number of imide groups is 1. The maximum Gasteiger partial charge on any atom is 0.321 e. The third-order valence-electron chi connectivity index (χ3n) is 3.71. The Labute approximate surface area is 164 Å². The van der Waals surface area contributed by atoms with Crippen molar-refractivity contribution in [1.29, 1.82) is 0 Å². The number of amides is 3. The molecule has 0 spiro atoms. The van der Waals surface area contributed by atoms with Crippen molar-refractivity contribution in [3.63, 3.8) is 0 Å². The Bertz CT molecular complexity index is 825. The van der Waals surface area contributed by atoms with Crippen LogP contribution in [0.4, 0.5) is 15.6 Å². The van der Waals surface area contributed by atoms with Gasteiger partial charge in [-0.05, 0) is 44.4 Å². The first-order chi connectivity index (χ1) is 12.4. The van der Waals surface area contributed by atoms with Crippen LogP contribution in [0.3, 0.4) is 0 Å². The summed E-state index contributed by atoms with van der Waals surface area (Å²) in [6.07, 6.45) is 1.94. The van der Waals surface area contributed by atoms with Crippen LogP contribution in [0.2, 0.25) is 5.02 Å². The molecule has 3 rings (SSSR count). The summed E-state index contributed by atoms with van der Waals surface area (Å²) in [6.45, 7) is 3.64. The van der Waals surface area contributed by atoms with Crippen molar-refractivity contribution in [2.75, 3.05) is 5.32 Å². The standard InChI is InChI=1S/C16H18ClN5O2S2/c1-8-11(17)4-3-5-12(8)19-15-21-22-16(26-15)25-9(2)13(23)20-14(24)18-10-6-7-10/h3-5,9-10H,6-7H2,1-2H3,(H,19,21)(H2,18,20,23,24). The Morgan fingerprint density at radius 2 is 2.12 bits per heavy atom. The van der Waals surface area contributed by atoms with E-state index in [9.17, 15) is 9.59 Å². The maximum absolute atomic E-state index is 12.1. The van der Waals surface area contributed by atoms with E-state index < -0.39 is 11.3 Å². The Morgan fingerprint density at radius 3 is 2.85 bits per heavy atom. The zero-order valence-corrected chi connectivity index (χ0v) is 16.6. The number of nitrogens with one attached hydrogen (secondary N) is 3. The first kappa shape index (κ1) is 18.9. The highest BCUT2D eigenvalue weighted by atomic mass is 35.5. The Hall–Kier alpha value is -1.84. The average Bonchev–Trinajstić information content (AvgIpc) is 3.29. The minimum atomic E-state index is -0.464. The highest BCUT2D eigenvalue weighted by Crippen LogP contribution is 2.32. The predicted molar refractivity (Wildman–Crippen MR) is 104 cm³/mol. The molecule has 1 aliphatic carbocycles. The molecular weight excluding hydrogens is 394 g/mol. The number of carbonyl (C=O) groups excluding carboxylic acids is 2. The van der Waals surface area contributed by atoms with E-state index in [1.165, 1.54) is 23.1 Å². The molecule has 3 amide bonds. The number of halogens is 1. The predicted octanol–water partition coefficient (Wildman–Crippen LogP) is 3.71. The number of benzene rings is 1. The van der Waals surface area contributed by atoms with E-state index in [0.29, 0.717) is 14.5 Å². The van der Waals surface area contributed by atoms with Crippen molar-refractivity contribution in [1.82, 2.24) is 20.8 Å². The third kappa shape index (κ3) is 5.09. The molecule has 0 saturated heterocycles. The summed E-state index contributed by atoms with van der Waals surface area (Å²) in [5, 5.41) is 17.2. The molecule has 1 unspecified atom stereocenters. The van der Waals surface area contributed by atoms with E-state index in [1.54, 1.807) is 6.92 Å². The molecule has 26 heavy (non-hydrogen) atoms. The van der Waals surface area contributed by atoms with E-state index in [1.807, 2.05) is 25.1 Å². The summed E-state index contributed by atoms with van der Waals surface area (Å²) < 4.78 is 0.637. The molecule has 1 heterocycles. The van der Waals surface area contributed by atoms with Gasteiger partial charge in [0.25, 0.3) is 0 Å². The number of urea groups is 1. The van der Waals surface area contributed by atoms with Crippen molar-refractivity contribution in [3.8, 4) is 0 Å². The van der Waals surface area contributed by atoms with Crippen LogP contribution in [-0.4, -0.2) is 33.4 Å². The topological polar surface area (TPSA) is 96.0 Å². The van der Waals surface area contributed by atoms with Crippen molar-refractivity contribution in [2.45, 2.75) is 42.3 Å². The van der Waals surface area contributed by atoms with Crippen molar-refractivity contribution < 1.29 is 9.59 Å². The molecule has 1 aromatic carbocycles. The molecule has 1 aliphatic rings. The largest absolute Gasteiger partial charge is 0.335 e.